The second-order valence-corrected chi connectivity index (χ2v) is 13.0. The van der Waals surface area contributed by atoms with Crippen molar-refractivity contribution in [3.8, 4) is 22.3 Å². The van der Waals surface area contributed by atoms with Crippen molar-refractivity contribution in [1.29, 1.82) is 0 Å². The van der Waals surface area contributed by atoms with Gasteiger partial charge >= 0.3 is 0 Å². The number of nitrogens with zero attached hydrogens (tertiary/aromatic N) is 1. The van der Waals surface area contributed by atoms with Crippen LogP contribution in [0.15, 0.2) is 181 Å². The van der Waals surface area contributed by atoms with Gasteiger partial charge in [-0.15, -0.1) is 0 Å². The fourth-order valence-corrected chi connectivity index (χ4v) is 7.50. The van der Waals surface area contributed by atoms with E-state index in [9.17, 15) is 4.39 Å². The largest absolute Gasteiger partial charge is 0.310 e. The standard InChI is InChI=1S/C45H31BrFN/c1-2-31-12-18-34(19-13-31)45(35-20-24-37(47)25-21-35)43-11-7-6-10-41(43)42-29-28-40(30-44(42)45)48(38-8-4-3-5-9-38)39-26-16-33(17-27-39)32-14-22-36(46)23-15-32/h2-30H,1H2. The normalized spacial score (nSPS) is 14.6. The first-order valence-corrected chi connectivity index (χ1v) is 16.8. The van der Waals surface area contributed by atoms with Crippen LogP contribution in [0.5, 0.6) is 0 Å². The zero-order chi connectivity index (χ0) is 32.7. The molecule has 0 bridgehead atoms. The van der Waals surface area contributed by atoms with E-state index in [2.05, 4.69) is 167 Å². The van der Waals surface area contributed by atoms with E-state index in [1.807, 2.05) is 24.3 Å². The Balaban J connectivity index is 1.35. The van der Waals surface area contributed by atoms with Crippen molar-refractivity contribution < 1.29 is 4.39 Å². The van der Waals surface area contributed by atoms with E-state index in [1.54, 1.807) is 12.1 Å². The molecule has 0 saturated carbocycles. The van der Waals surface area contributed by atoms with E-state index in [0.717, 1.165) is 54.9 Å². The van der Waals surface area contributed by atoms with E-state index < -0.39 is 5.41 Å². The molecular weight excluding hydrogens is 653 g/mol. The summed E-state index contributed by atoms with van der Waals surface area (Å²) in [4.78, 5) is 2.31. The van der Waals surface area contributed by atoms with E-state index in [4.69, 9.17) is 0 Å². The van der Waals surface area contributed by atoms with Gasteiger partial charge in [0.1, 0.15) is 5.82 Å². The molecule has 1 unspecified atom stereocenters. The number of fused-ring (bicyclic) bond motifs is 3. The Kier molecular flexibility index (Phi) is 7.63. The van der Waals surface area contributed by atoms with Crippen molar-refractivity contribution in [2.24, 2.45) is 0 Å². The van der Waals surface area contributed by atoms with E-state index in [0.29, 0.717) is 0 Å². The molecule has 48 heavy (non-hydrogen) atoms. The first kappa shape index (κ1) is 29.9. The smallest absolute Gasteiger partial charge is 0.123 e. The summed E-state index contributed by atoms with van der Waals surface area (Å²) in [5.74, 6) is -0.252. The minimum atomic E-state index is -0.664. The molecule has 7 aromatic rings. The van der Waals surface area contributed by atoms with Crippen LogP contribution in [0, 0.1) is 5.82 Å². The molecule has 0 N–H and O–H groups in total. The summed E-state index contributed by atoms with van der Waals surface area (Å²) < 4.78 is 15.5. The Morgan fingerprint density at radius 1 is 0.521 bits per heavy atom. The molecule has 3 heteroatoms. The first-order chi connectivity index (χ1) is 23.6. The summed E-state index contributed by atoms with van der Waals surface area (Å²) in [6, 6.07) is 58.7. The number of benzene rings is 7. The van der Waals surface area contributed by atoms with Crippen LogP contribution in [0.25, 0.3) is 28.3 Å². The zero-order valence-corrected chi connectivity index (χ0v) is 27.7. The summed E-state index contributed by atoms with van der Waals surface area (Å²) in [7, 11) is 0. The lowest BCUT2D eigenvalue weighted by Gasteiger charge is -2.35. The van der Waals surface area contributed by atoms with Crippen LogP contribution in [0.4, 0.5) is 21.5 Å². The van der Waals surface area contributed by atoms with Gasteiger partial charge in [-0.25, -0.2) is 4.39 Å². The third-order valence-corrected chi connectivity index (χ3v) is 9.99. The second-order valence-electron chi connectivity index (χ2n) is 12.1. The fourth-order valence-electron chi connectivity index (χ4n) is 7.23. The fraction of sp³-hybridized carbons (Fsp3) is 0.0222. The van der Waals surface area contributed by atoms with Gasteiger partial charge in [0.25, 0.3) is 0 Å². The van der Waals surface area contributed by atoms with Crippen LogP contribution < -0.4 is 4.90 Å². The average molecular weight is 685 g/mol. The van der Waals surface area contributed by atoms with Gasteiger partial charge in [0.2, 0.25) is 0 Å². The van der Waals surface area contributed by atoms with E-state index >= 15 is 0 Å². The topological polar surface area (TPSA) is 3.24 Å². The van der Waals surface area contributed by atoms with Crippen LogP contribution in [0.1, 0.15) is 27.8 Å². The molecule has 7 aromatic carbocycles. The van der Waals surface area contributed by atoms with Crippen LogP contribution in [0.2, 0.25) is 0 Å². The summed E-state index contributed by atoms with van der Waals surface area (Å²) in [5.41, 5.74) is 12.7. The van der Waals surface area contributed by atoms with E-state index in [1.165, 1.54) is 16.7 Å². The molecular formula is C45H31BrFN. The first-order valence-electron chi connectivity index (χ1n) is 16.0. The Hall–Kier alpha value is -5.51. The van der Waals surface area contributed by atoms with Crippen LogP contribution in [-0.4, -0.2) is 0 Å². The lowest BCUT2D eigenvalue weighted by molar-refractivity contribution is 0.625. The highest BCUT2D eigenvalue weighted by Crippen LogP contribution is 2.57. The molecule has 0 saturated heterocycles. The Morgan fingerprint density at radius 2 is 1.06 bits per heavy atom. The highest BCUT2D eigenvalue weighted by Gasteiger charge is 2.46. The van der Waals surface area contributed by atoms with Crippen molar-refractivity contribution in [2.75, 3.05) is 4.90 Å². The predicted molar refractivity (Wildman–Crippen MR) is 202 cm³/mol. The van der Waals surface area contributed by atoms with Crippen molar-refractivity contribution >= 4 is 39.1 Å². The highest BCUT2D eigenvalue weighted by molar-refractivity contribution is 9.10. The van der Waals surface area contributed by atoms with Gasteiger partial charge in [-0.05, 0) is 111 Å². The quantitative estimate of drug-likeness (QED) is 0.162. The lowest BCUT2D eigenvalue weighted by atomic mass is 9.67. The number of halogens is 2. The van der Waals surface area contributed by atoms with Crippen LogP contribution in [0.3, 0.4) is 0 Å². The summed E-state index contributed by atoms with van der Waals surface area (Å²) in [5, 5.41) is 0. The third kappa shape index (κ3) is 4.99. The van der Waals surface area contributed by atoms with Gasteiger partial charge in [0.15, 0.2) is 0 Å². The van der Waals surface area contributed by atoms with Gasteiger partial charge in [0.05, 0.1) is 5.41 Å². The number of rotatable bonds is 7. The number of hydrogen-bond acceptors (Lipinski definition) is 1. The molecule has 8 rings (SSSR count). The van der Waals surface area contributed by atoms with Gasteiger partial charge in [-0.1, -0.05) is 138 Å². The zero-order valence-electron chi connectivity index (χ0n) is 26.2. The highest BCUT2D eigenvalue weighted by atomic mass is 79.9. The molecule has 0 fully saturated rings. The monoisotopic (exact) mass is 683 g/mol. The number of hydrogen-bond donors (Lipinski definition) is 0. The number of para-hydroxylation sites is 1. The van der Waals surface area contributed by atoms with Gasteiger partial charge < -0.3 is 4.90 Å². The Labute approximate surface area is 289 Å². The Morgan fingerprint density at radius 3 is 1.73 bits per heavy atom. The molecule has 0 aromatic heterocycles. The van der Waals surface area contributed by atoms with Crippen LogP contribution >= 0.6 is 15.9 Å². The van der Waals surface area contributed by atoms with Crippen molar-refractivity contribution in [3.63, 3.8) is 0 Å². The molecule has 0 heterocycles. The van der Waals surface area contributed by atoms with E-state index in [-0.39, 0.29) is 5.82 Å². The van der Waals surface area contributed by atoms with Gasteiger partial charge in [-0.2, -0.15) is 0 Å². The Bertz CT molecular complexity index is 2240. The van der Waals surface area contributed by atoms with Gasteiger partial charge in [-0.3, -0.25) is 0 Å². The molecule has 1 aliphatic carbocycles. The second kappa shape index (κ2) is 12.3. The number of anilines is 3. The SMILES string of the molecule is C=Cc1ccc(C2(c3ccc(F)cc3)c3ccccc3-c3ccc(N(c4ccccc4)c4ccc(-c5ccc(Br)cc5)cc4)cc32)cc1. The van der Waals surface area contributed by atoms with Gasteiger partial charge in [0, 0.05) is 21.5 Å². The molecule has 0 radical (unpaired) electrons. The molecule has 0 spiro atoms. The maximum Gasteiger partial charge on any atom is 0.123 e. The predicted octanol–water partition coefficient (Wildman–Crippen LogP) is 12.7. The minimum absolute atomic E-state index is 0.252. The summed E-state index contributed by atoms with van der Waals surface area (Å²) in [6.07, 6.45) is 1.86. The minimum Gasteiger partial charge on any atom is -0.310 e. The maximum absolute atomic E-state index is 14.5. The van der Waals surface area contributed by atoms with Crippen molar-refractivity contribution in [3.05, 3.63) is 215 Å². The lowest BCUT2D eigenvalue weighted by Crippen LogP contribution is -2.29. The third-order valence-electron chi connectivity index (χ3n) is 9.46. The molecule has 0 aliphatic heterocycles. The maximum atomic E-state index is 14.5. The average Bonchev–Trinajstić information content (AvgIpc) is 3.44. The van der Waals surface area contributed by atoms with Crippen LogP contribution in [-0.2, 0) is 5.41 Å². The summed E-state index contributed by atoms with van der Waals surface area (Å²) in [6.45, 7) is 3.98. The van der Waals surface area contributed by atoms with Crippen molar-refractivity contribution in [2.45, 2.75) is 5.41 Å². The molecule has 1 aliphatic rings. The molecule has 1 nitrogen and oxygen atoms in total. The molecule has 1 atom stereocenters. The van der Waals surface area contributed by atoms with Crippen molar-refractivity contribution in [1.82, 2.24) is 0 Å². The summed E-state index contributed by atoms with van der Waals surface area (Å²) >= 11 is 3.55. The molecule has 0 amide bonds. The molecule has 230 valence electrons.